The molecule has 0 radical (unpaired) electrons. The van der Waals surface area contributed by atoms with Crippen LogP contribution in [0.3, 0.4) is 0 Å². The van der Waals surface area contributed by atoms with Crippen molar-refractivity contribution in [2.75, 3.05) is 18.4 Å². The summed E-state index contributed by atoms with van der Waals surface area (Å²) in [7, 11) is 0. The van der Waals surface area contributed by atoms with Gasteiger partial charge in [0.1, 0.15) is 5.82 Å². The predicted octanol–water partition coefficient (Wildman–Crippen LogP) is 5.00. The van der Waals surface area contributed by atoms with Gasteiger partial charge in [0.2, 0.25) is 5.95 Å². The van der Waals surface area contributed by atoms with Crippen LogP contribution in [0.2, 0.25) is 0 Å². The number of aromatic nitrogens is 2. The van der Waals surface area contributed by atoms with E-state index in [-0.39, 0.29) is 17.6 Å². The topological polar surface area (TPSA) is 58.1 Å². The van der Waals surface area contributed by atoms with Crippen molar-refractivity contribution >= 4 is 17.5 Å². The van der Waals surface area contributed by atoms with Crippen LogP contribution in [0.4, 0.5) is 16.0 Å². The molecular formula is C24H25FN4O. The zero-order chi connectivity index (χ0) is 21.1. The Hall–Kier alpha value is -3.28. The molecule has 0 spiro atoms. The van der Waals surface area contributed by atoms with E-state index in [1.807, 2.05) is 36.9 Å². The van der Waals surface area contributed by atoms with Crippen molar-refractivity contribution < 1.29 is 9.18 Å². The minimum atomic E-state index is -0.352. The Bertz CT molecular complexity index is 1050. The molecule has 1 amide bonds. The Morgan fingerprint density at radius 3 is 2.67 bits per heavy atom. The first-order chi connectivity index (χ1) is 14.5. The van der Waals surface area contributed by atoms with Crippen LogP contribution < -0.4 is 5.32 Å². The first kappa shape index (κ1) is 20.0. The van der Waals surface area contributed by atoms with Crippen molar-refractivity contribution in [1.29, 1.82) is 0 Å². The van der Waals surface area contributed by atoms with Gasteiger partial charge in [-0.05, 0) is 57.0 Å². The fraction of sp³-hybridized carbons (Fsp3) is 0.292. The average molecular weight is 404 g/mol. The van der Waals surface area contributed by atoms with Crippen LogP contribution in [0.5, 0.6) is 0 Å². The Kier molecular flexibility index (Phi) is 5.74. The number of nitrogens with zero attached hydrogens (tertiary/aromatic N) is 3. The summed E-state index contributed by atoms with van der Waals surface area (Å²) < 4.78 is 13.9. The largest absolute Gasteiger partial charge is 0.338 e. The maximum Gasteiger partial charge on any atom is 0.253 e. The van der Waals surface area contributed by atoms with Crippen LogP contribution in [0, 0.1) is 19.7 Å². The second-order valence-corrected chi connectivity index (χ2v) is 7.88. The summed E-state index contributed by atoms with van der Waals surface area (Å²) in [5, 5.41) is 2.95. The first-order valence-electron chi connectivity index (χ1n) is 10.2. The van der Waals surface area contributed by atoms with E-state index in [2.05, 4.69) is 21.4 Å². The molecule has 0 aliphatic carbocycles. The van der Waals surface area contributed by atoms with Crippen LogP contribution in [0.1, 0.15) is 45.9 Å². The maximum absolute atomic E-state index is 13.9. The highest BCUT2D eigenvalue weighted by Gasteiger charge is 2.27. The van der Waals surface area contributed by atoms with Gasteiger partial charge in [-0.2, -0.15) is 0 Å². The number of hydrogen-bond acceptors (Lipinski definition) is 4. The predicted molar refractivity (Wildman–Crippen MR) is 116 cm³/mol. The van der Waals surface area contributed by atoms with Crippen LogP contribution in [0.25, 0.3) is 0 Å². The summed E-state index contributed by atoms with van der Waals surface area (Å²) in [6.45, 7) is 5.37. The van der Waals surface area contributed by atoms with Crippen LogP contribution in [-0.4, -0.2) is 33.9 Å². The molecule has 1 aromatic heterocycles. The summed E-state index contributed by atoms with van der Waals surface area (Å²) in [5.74, 6) is 0.188. The van der Waals surface area contributed by atoms with E-state index in [1.54, 1.807) is 24.4 Å². The van der Waals surface area contributed by atoms with Gasteiger partial charge in [-0.15, -0.1) is 0 Å². The molecule has 3 aromatic rings. The van der Waals surface area contributed by atoms with Gasteiger partial charge >= 0.3 is 0 Å². The molecule has 1 N–H and O–H groups in total. The number of aryl methyl sites for hydroxylation is 2. The number of benzene rings is 2. The second-order valence-electron chi connectivity index (χ2n) is 7.88. The third-order valence-corrected chi connectivity index (χ3v) is 5.39. The molecule has 1 saturated heterocycles. The van der Waals surface area contributed by atoms with E-state index < -0.39 is 0 Å². The van der Waals surface area contributed by atoms with Crippen molar-refractivity contribution in [2.45, 2.75) is 32.6 Å². The number of piperidine rings is 1. The minimum absolute atomic E-state index is 0.0604. The van der Waals surface area contributed by atoms with E-state index >= 15 is 0 Å². The molecule has 30 heavy (non-hydrogen) atoms. The lowest BCUT2D eigenvalue weighted by molar-refractivity contribution is 0.0705. The normalized spacial score (nSPS) is 16.4. The van der Waals surface area contributed by atoms with Gasteiger partial charge in [0, 0.05) is 30.8 Å². The molecular weight excluding hydrogens is 379 g/mol. The van der Waals surface area contributed by atoms with Crippen molar-refractivity contribution in [3.63, 3.8) is 0 Å². The zero-order valence-corrected chi connectivity index (χ0v) is 17.2. The number of carbonyl (C=O) groups is 1. The summed E-state index contributed by atoms with van der Waals surface area (Å²) in [6.07, 6.45) is 3.55. The quantitative estimate of drug-likeness (QED) is 0.665. The molecule has 1 aliphatic heterocycles. The van der Waals surface area contributed by atoms with Gasteiger partial charge in [0.25, 0.3) is 5.91 Å². The highest BCUT2D eigenvalue weighted by molar-refractivity contribution is 5.94. The summed E-state index contributed by atoms with van der Waals surface area (Å²) in [5.41, 5.74) is 4.11. The summed E-state index contributed by atoms with van der Waals surface area (Å²) in [6, 6.07) is 14.3. The lowest BCUT2D eigenvalue weighted by Crippen LogP contribution is -2.39. The van der Waals surface area contributed by atoms with Crippen molar-refractivity contribution in [3.05, 3.63) is 82.9 Å². The van der Waals surface area contributed by atoms with Gasteiger partial charge in [0.15, 0.2) is 0 Å². The summed E-state index contributed by atoms with van der Waals surface area (Å²) >= 11 is 0. The maximum atomic E-state index is 13.9. The highest BCUT2D eigenvalue weighted by Crippen LogP contribution is 2.28. The minimum Gasteiger partial charge on any atom is -0.338 e. The monoisotopic (exact) mass is 404 g/mol. The number of rotatable bonds is 4. The fourth-order valence-electron chi connectivity index (χ4n) is 4.03. The molecule has 0 unspecified atom stereocenters. The number of anilines is 2. The Balaban J connectivity index is 1.50. The number of nitrogens with one attached hydrogen (secondary N) is 1. The second kappa shape index (κ2) is 8.61. The molecule has 2 heterocycles. The van der Waals surface area contributed by atoms with Gasteiger partial charge < -0.3 is 10.2 Å². The number of para-hydroxylation sites is 1. The molecule has 2 aromatic carbocycles. The van der Waals surface area contributed by atoms with Crippen molar-refractivity contribution in [2.24, 2.45) is 0 Å². The molecule has 5 nitrogen and oxygen atoms in total. The average Bonchev–Trinajstić information content (AvgIpc) is 2.74. The fourth-order valence-corrected chi connectivity index (χ4v) is 4.03. The van der Waals surface area contributed by atoms with E-state index in [0.29, 0.717) is 18.2 Å². The zero-order valence-electron chi connectivity index (χ0n) is 17.2. The SMILES string of the molecule is Cc1cc(C)cc(C(=O)N2CCC[C@@H](c3ccnc(Nc4ccccc4F)n3)C2)c1. The molecule has 154 valence electrons. The van der Waals surface area contributed by atoms with E-state index in [9.17, 15) is 9.18 Å². The molecule has 1 aliphatic rings. The van der Waals surface area contributed by atoms with Gasteiger partial charge in [0.05, 0.1) is 11.4 Å². The van der Waals surface area contributed by atoms with Crippen LogP contribution in [0.15, 0.2) is 54.7 Å². The number of halogens is 1. The Morgan fingerprint density at radius 2 is 1.90 bits per heavy atom. The number of hydrogen-bond donors (Lipinski definition) is 1. The summed E-state index contributed by atoms with van der Waals surface area (Å²) in [4.78, 5) is 23.8. The molecule has 0 bridgehead atoms. The Morgan fingerprint density at radius 1 is 1.13 bits per heavy atom. The van der Waals surface area contributed by atoms with Gasteiger partial charge in [-0.3, -0.25) is 4.79 Å². The Labute approximate surface area is 176 Å². The number of carbonyl (C=O) groups excluding carboxylic acids is 1. The van der Waals surface area contributed by atoms with E-state index in [4.69, 9.17) is 0 Å². The molecule has 1 atom stereocenters. The molecule has 4 rings (SSSR count). The van der Waals surface area contributed by atoms with E-state index in [0.717, 1.165) is 41.8 Å². The lowest BCUT2D eigenvalue weighted by atomic mass is 9.94. The van der Waals surface area contributed by atoms with E-state index in [1.165, 1.54) is 6.07 Å². The number of amides is 1. The molecule has 6 heteroatoms. The third-order valence-electron chi connectivity index (χ3n) is 5.39. The molecule has 1 fully saturated rings. The lowest BCUT2D eigenvalue weighted by Gasteiger charge is -2.32. The molecule has 0 saturated carbocycles. The highest BCUT2D eigenvalue weighted by atomic mass is 19.1. The van der Waals surface area contributed by atoms with Crippen LogP contribution in [-0.2, 0) is 0 Å². The smallest absolute Gasteiger partial charge is 0.253 e. The number of likely N-dealkylation sites (tertiary alicyclic amines) is 1. The standard InChI is InChI=1S/C24H25FN4O/c1-16-12-17(2)14-19(13-16)23(30)29-11-5-6-18(15-29)21-9-10-26-24(27-21)28-22-8-4-3-7-20(22)25/h3-4,7-10,12-14,18H,5-6,11,15H2,1-2H3,(H,26,27,28)/t18-/m1/s1. The van der Waals surface area contributed by atoms with Crippen molar-refractivity contribution in [3.8, 4) is 0 Å². The van der Waals surface area contributed by atoms with Crippen LogP contribution >= 0.6 is 0 Å². The first-order valence-corrected chi connectivity index (χ1v) is 10.2. The van der Waals surface area contributed by atoms with Gasteiger partial charge in [-0.1, -0.05) is 29.3 Å². The van der Waals surface area contributed by atoms with Crippen molar-refractivity contribution in [1.82, 2.24) is 14.9 Å². The van der Waals surface area contributed by atoms with Gasteiger partial charge in [-0.25, -0.2) is 14.4 Å². The third kappa shape index (κ3) is 4.48.